The summed E-state index contributed by atoms with van der Waals surface area (Å²) in [7, 11) is 0. The van der Waals surface area contributed by atoms with Gasteiger partial charge in [0.15, 0.2) is 0 Å². The molecule has 144 valence electrons. The van der Waals surface area contributed by atoms with Crippen molar-refractivity contribution in [2.24, 2.45) is 5.92 Å². The lowest BCUT2D eigenvalue weighted by Gasteiger charge is -2.23. The molecule has 2 heterocycles. The van der Waals surface area contributed by atoms with Crippen molar-refractivity contribution in [3.8, 4) is 0 Å². The van der Waals surface area contributed by atoms with Crippen molar-refractivity contribution in [1.29, 1.82) is 0 Å². The minimum atomic E-state index is -0.356. The maximum atomic E-state index is 12.2. The van der Waals surface area contributed by atoms with Crippen LogP contribution in [0.4, 0.5) is 16.6 Å². The predicted octanol–water partition coefficient (Wildman–Crippen LogP) is 4.78. The molecular weight excluding hydrogens is 352 g/mol. The molecular formula is C22H24N4O2. The molecule has 0 radical (unpaired) electrons. The van der Waals surface area contributed by atoms with Gasteiger partial charge in [-0.05, 0) is 41.3 Å². The van der Waals surface area contributed by atoms with Gasteiger partial charge in [0.05, 0.1) is 12.1 Å². The second kappa shape index (κ2) is 7.46. The van der Waals surface area contributed by atoms with Gasteiger partial charge in [-0.3, -0.25) is 4.90 Å². The number of benzene rings is 2. The van der Waals surface area contributed by atoms with Crippen molar-refractivity contribution in [3.63, 3.8) is 0 Å². The Morgan fingerprint density at radius 2 is 1.89 bits per heavy atom. The van der Waals surface area contributed by atoms with Gasteiger partial charge in [0.2, 0.25) is 5.95 Å². The Labute approximate surface area is 164 Å². The second-order valence-electron chi connectivity index (χ2n) is 7.47. The molecule has 0 unspecified atom stereocenters. The first-order valence-electron chi connectivity index (χ1n) is 9.57. The van der Waals surface area contributed by atoms with Crippen LogP contribution in [0.15, 0.2) is 54.7 Å². The van der Waals surface area contributed by atoms with Crippen molar-refractivity contribution >= 4 is 28.6 Å². The number of carbonyl (C=O) groups excluding carboxylic acids is 1. The number of hydrogen-bond acceptors (Lipinski definition) is 5. The van der Waals surface area contributed by atoms with Gasteiger partial charge in [0.25, 0.3) is 0 Å². The van der Waals surface area contributed by atoms with E-state index < -0.39 is 0 Å². The lowest BCUT2D eigenvalue weighted by molar-refractivity contribution is 0.177. The number of hydrogen-bond donors (Lipinski definition) is 1. The minimum Gasteiger partial charge on any atom is -0.447 e. The van der Waals surface area contributed by atoms with Crippen molar-refractivity contribution in [3.05, 3.63) is 60.3 Å². The number of nitrogens with zero attached hydrogens (tertiary/aromatic N) is 3. The number of carbonyl (C=O) groups is 1. The van der Waals surface area contributed by atoms with Gasteiger partial charge in [0.1, 0.15) is 12.4 Å². The van der Waals surface area contributed by atoms with Crippen molar-refractivity contribution < 1.29 is 9.53 Å². The minimum absolute atomic E-state index is 0.0197. The molecule has 4 rings (SSSR count). The van der Waals surface area contributed by atoms with Crippen molar-refractivity contribution in [2.75, 3.05) is 16.8 Å². The van der Waals surface area contributed by atoms with E-state index in [9.17, 15) is 4.79 Å². The fourth-order valence-corrected chi connectivity index (χ4v) is 3.50. The standard InChI is InChI=1S/C22H24N4O2/c1-14(2)19-13-28-22(27)26(19)20-10-11-23-21(25-20)24-15(3)17-9-8-16-6-4-5-7-18(16)12-17/h4-12,14-15,19H,13H2,1-3H3,(H,23,24,25)/t15-,19+/m0/s1. The maximum absolute atomic E-state index is 12.2. The first-order valence-corrected chi connectivity index (χ1v) is 9.57. The molecule has 6 heteroatoms. The Morgan fingerprint density at radius 1 is 1.11 bits per heavy atom. The van der Waals surface area contributed by atoms with Gasteiger partial charge in [-0.2, -0.15) is 4.98 Å². The molecule has 3 aromatic rings. The zero-order chi connectivity index (χ0) is 19.7. The van der Waals surface area contributed by atoms with Crippen LogP contribution < -0.4 is 10.2 Å². The highest BCUT2D eigenvalue weighted by Gasteiger charge is 2.37. The SMILES string of the molecule is CC(C)[C@H]1COC(=O)N1c1ccnc(N[C@@H](C)c2ccc3ccccc3c2)n1. The number of nitrogens with one attached hydrogen (secondary N) is 1. The summed E-state index contributed by atoms with van der Waals surface area (Å²) in [6, 6.07) is 16.4. The molecule has 1 aliphatic heterocycles. The monoisotopic (exact) mass is 376 g/mol. The van der Waals surface area contributed by atoms with E-state index >= 15 is 0 Å². The highest BCUT2D eigenvalue weighted by Crippen LogP contribution is 2.27. The Hall–Kier alpha value is -3.15. The molecule has 0 aliphatic carbocycles. The number of anilines is 2. The topological polar surface area (TPSA) is 67.3 Å². The summed E-state index contributed by atoms with van der Waals surface area (Å²) in [5.41, 5.74) is 1.15. The van der Waals surface area contributed by atoms with E-state index in [4.69, 9.17) is 4.74 Å². The van der Waals surface area contributed by atoms with Gasteiger partial charge >= 0.3 is 6.09 Å². The third-order valence-corrected chi connectivity index (χ3v) is 5.18. The summed E-state index contributed by atoms with van der Waals surface area (Å²) < 4.78 is 5.23. The first kappa shape index (κ1) is 18.2. The molecule has 1 aromatic heterocycles. The van der Waals surface area contributed by atoms with E-state index in [1.165, 1.54) is 10.8 Å². The third-order valence-electron chi connectivity index (χ3n) is 5.18. The predicted molar refractivity (Wildman–Crippen MR) is 110 cm³/mol. The average molecular weight is 376 g/mol. The van der Waals surface area contributed by atoms with Crippen LogP contribution in [0, 0.1) is 5.92 Å². The van der Waals surface area contributed by atoms with Gasteiger partial charge in [-0.25, -0.2) is 9.78 Å². The lowest BCUT2D eigenvalue weighted by atomic mass is 10.0. The number of aromatic nitrogens is 2. The van der Waals surface area contributed by atoms with Gasteiger partial charge in [-0.15, -0.1) is 0 Å². The van der Waals surface area contributed by atoms with Crippen LogP contribution in [0.5, 0.6) is 0 Å². The number of amides is 1. The van der Waals surface area contributed by atoms with Crippen LogP contribution in [0.3, 0.4) is 0 Å². The molecule has 1 aliphatic rings. The van der Waals surface area contributed by atoms with Gasteiger partial charge in [0, 0.05) is 6.20 Å². The van der Waals surface area contributed by atoms with Gasteiger partial charge < -0.3 is 10.1 Å². The smallest absolute Gasteiger partial charge is 0.415 e. The van der Waals surface area contributed by atoms with Crippen LogP contribution in [-0.2, 0) is 4.74 Å². The fraction of sp³-hybridized carbons (Fsp3) is 0.318. The molecule has 2 aromatic carbocycles. The fourth-order valence-electron chi connectivity index (χ4n) is 3.50. The van der Waals surface area contributed by atoms with Crippen molar-refractivity contribution in [1.82, 2.24) is 9.97 Å². The van der Waals surface area contributed by atoms with Crippen LogP contribution in [0.1, 0.15) is 32.4 Å². The summed E-state index contributed by atoms with van der Waals surface area (Å²) in [5.74, 6) is 1.32. The zero-order valence-electron chi connectivity index (χ0n) is 16.3. The van der Waals surface area contributed by atoms with Crippen LogP contribution in [0.25, 0.3) is 10.8 Å². The molecule has 0 saturated carbocycles. The molecule has 1 N–H and O–H groups in total. The molecule has 2 atom stereocenters. The zero-order valence-corrected chi connectivity index (χ0v) is 16.3. The Bertz CT molecular complexity index is 1000. The van der Waals surface area contributed by atoms with E-state index in [0.717, 1.165) is 5.56 Å². The molecule has 28 heavy (non-hydrogen) atoms. The van der Waals surface area contributed by atoms with E-state index in [1.54, 1.807) is 17.2 Å². The Balaban J connectivity index is 1.56. The Morgan fingerprint density at radius 3 is 2.68 bits per heavy atom. The largest absolute Gasteiger partial charge is 0.447 e. The summed E-state index contributed by atoms with van der Waals surface area (Å²) in [6.07, 6.45) is 1.31. The average Bonchev–Trinajstić information content (AvgIpc) is 3.09. The summed E-state index contributed by atoms with van der Waals surface area (Å²) >= 11 is 0. The van der Waals surface area contributed by atoms with Crippen LogP contribution >= 0.6 is 0 Å². The van der Waals surface area contributed by atoms with Gasteiger partial charge in [-0.1, -0.05) is 50.2 Å². The number of fused-ring (bicyclic) bond motifs is 1. The van der Waals surface area contributed by atoms with E-state index in [-0.39, 0.29) is 24.1 Å². The summed E-state index contributed by atoms with van der Waals surface area (Å²) in [4.78, 5) is 22.7. The number of cyclic esters (lactones) is 1. The molecule has 0 bridgehead atoms. The van der Waals surface area contributed by atoms with E-state index in [2.05, 4.69) is 66.4 Å². The van der Waals surface area contributed by atoms with Crippen LogP contribution in [0.2, 0.25) is 0 Å². The highest BCUT2D eigenvalue weighted by molar-refractivity contribution is 5.89. The van der Waals surface area contributed by atoms with Crippen LogP contribution in [-0.4, -0.2) is 28.7 Å². The normalized spacial score (nSPS) is 17.8. The van der Waals surface area contributed by atoms with Crippen molar-refractivity contribution in [2.45, 2.75) is 32.9 Å². The number of rotatable bonds is 5. The molecule has 1 fully saturated rings. The third kappa shape index (κ3) is 3.50. The molecule has 1 amide bonds. The Kier molecular flexibility index (Phi) is 4.86. The molecule has 6 nitrogen and oxygen atoms in total. The quantitative estimate of drug-likeness (QED) is 0.694. The lowest BCUT2D eigenvalue weighted by Crippen LogP contribution is -2.37. The number of ether oxygens (including phenoxy) is 1. The summed E-state index contributed by atoms with van der Waals surface area (Å²) in [5, 5.41) is 5.75. The maximum Gasteiger partial charge on any atom is 0.415 e. The molecule has 1 saturated heterocycles. The molecule has 0 spiro atoms. The second-order valence-corrected chi connectivity index (χ2v) is 7.47. The van der Waals surface area contributed by atoms with E-state index in [1.807, 2.05) is 12.1 Å². The summed E-state index contributed by atoms with van der Waals surface area (Å²) in [6.45, 7) is 6.60. The van der Waals surface area contributed by atoms with E-state index in [0.29, 0.717) is 18.4 Å². The first-order chi connectivity index (χ1) is 13.5. The highest BCUT2D eigenvalue weighted by atomic mass is 16.6.